The average molecular weight is 602 g/mol. The molecule has 0 spiro atoms. The number of imidazole rings is 1. The van der Waals surface area contributed by atoms with E-state index in [-0.39, 0.29) is 18.1 Å². The Morgan fingerprint density at radius 2 is 1.84 bits per heavy atom. The van der Waals surface area contributed by atoms with Gasteiger partial charge in [-0.05, 0) is 56.3 Å². The molecule has 10 nitrogen and oxygen atoms in total. The van der Waals surface area contributed by atoms with Crippen molar-refractivity contribution in [2.45, 2.75) is 45.1 Å². The summed E-state index contributed by atoms with van der Waals surface area (Å²) in [4.78, 5) is 24.5. The van der Waals surface area contributed by atoms with Crippen molar-refractivity contribution in [2.24, 2.45) is 0 Å². The molecule has 230 valence electrons. The van der Waals surface area contributed by atoms with Gasteiger partial charge in [0.15, 0.2) is 0 Å². The maximum absolute atomic E-state index is 14.3. The van der Waals surface area contributed by atoms with Gasteiger partial charge in [-0.15, -0.1) is 0 Å². The van der Waals surface area contributed by atoms with Crippen LogP contribution in [0, 0.1) is 17.1 Å². The lowest BCUT2D eigenvalue weighted by molar-refractivity contribution is 0.0600. The number of piperidine rings is 1. The number of carbonyl (C=O) groups is 1. The minimum atomic E-state index is -0.470. The number of nitriles is 1. The quantitative estimate of drug-likeness (QED) is 0.208. The van der Waals surface area contributed by atoms with Crippen LogP contribution in [0.5, 0.6) is 5.88 Å². The van der Waals surface area contributed by atoms with Gasteiger partial charge in [-0.1, -0.05) is 12.1 Å². The fraction of sp³-hybridized carbons (Fsp3) is 0.394. The Labute approximate surface area is 255 Å². The number of carbonyl (C=O) groups excluding carboxylic acids is 1. The number of halogens is 1. The van der Waals surface area contributed by atoms with E-state index >= 15 is 0 Å². The molecule has 0 bridgehead atoms. The van der Waals surface area contributed by atoms with Gasteiger partial charge in [0.2, 0.25) is 5.88 Å². The van der Waals surface area contributed by atoms with Crippen molar-refractivity contribution in [3.8, 4) is 11.9 Å². The monoisotopic (exact) mass is 601 g/mol. The van der Waals surface area contributed by atoms with Crippen molar-refractivity contribution in [2.75, 3.05) is 41.0 Å². The van der Waals surface area contributed by atoms with Crippen molar-refractivity contribution < 1.29 is 28.1 Å². The number of rotatable bonds is 12. The van der Waals surface area contributed by atoms with E-state index in [0.717, 1.165) is 54.0 Å². The van der Waals surface area contributed by atoms with Gasteiger partial charge in [-0.25, -0.2) is 19.2 Å². The lowest BCUT2D eigenvalue weighted by Gasteiger charge is -2.31. The average Bonchev–Trinajstić information content (AvgIpc) is 3.40. The van der Waals surface area contributed by atoms with E-state index in [9.17, 15) is 9.18 Å². The number of hydrogen-bond acceptors (Lipinski definition) is 9. The standard InChI is InChI=1S/C33H36FN5O5/c1-41-14-13-39-29-17-25(33(40)43-3)16-26(20-42-2)32(29)37-30(39)19-38-11-9-23(10-12-38)28-5-4-6-31(36-28)44-21-24-8-7-22(18-35)15-27(24)34/h4-8,15-17,23H,9-14,19-21H2,1-3H3. The van der Waals surface area contributed by atoms with Crippen molar-refractivity contribution in [3.05, 3.63) is 88.1 Å². The Bertz CT molecular complexity index is 1660. The number of benzene rings is 2. The van der Waals surface area contributed by atoms with Gasteiger partial charge in [-0.3, -0.25) is 4.90 Å². The van der Waals surface area contributed by atoms with E-state index in [1.54, 1.807) is 38.5 Å². The van der Waals surface area contributed by atoms with Gasteiger partial charge >= 0.3 is 5.97 Å². The van der Waals surface area contributed by atoms with Gasteiger partial charge in [0.25, 0.3) is 0 Å². The van der Waals surface area contributed by atoms with Crippen LogP contribution in [0.4, 0.5) is 4.39 Å². The predicted molar refractivity (Wildman–Crippen MR) is 161 cm³/mol. The van der Waals surface area contributed by atoms with E-state index in [0.29, 0.717) is 43.3 Å². The molecule has 0 N–H and O–H groups in total. The Morgan fingerprint density at radius 1 is 1.02 bits per heavy atom. The van der Waals surface area contributed by atoms with Gasteiger partial charge in [0.05, 0.1) is 55.1 Å². The Morgan fingerprint density at radius 3 is 2.55 bits per heavy atom. The number of nitrogens with zero attached hydrogens (tertiary/aromatic N) is 5. The summed E-state index contributed by atoms with van der Waals surface area (Å²) in [5.41, 5.74) is 4.54. The van der Waals surface area contributed by atoms with Crippen LogP contribution >= 0.6 is 0 Å². The summed E-state index contributed by atoms with van der Waals surface area (Å²) in [6.45, 7) is 3.83. The van der Waals surface area contributed by atoms with Crippen molar-refractivity contribution in [3.63, 3.8) is 0 Å². The first-order chi connectivity index (χ1) is 21.4. The normalized spacial score (nSPS) is 14.1. The molecule has 1 aliphatic rings. The Balaban J connectivity index is 1.27. The van der Waals surface area contributed by atoms with Crippen LogP contribution < -0.4 is 4.74 Å². The molecule has 0 saturated carbocycles. The van der Waals surface area contributed by atoms with E-state index < -0.39 is 11.8 Å². The second-order valence-corrected chi connectivity index (χ2v) is 10.8. The molecule has 0 atom stereocenters. The summed E-state index contributed by atoms with van der Waals surface area (Å²) in [7, 11) is 4.66. The number of esters is 1. The molecule has 3 heterocycles. The molecule has 0 radical (unpaired) electrons. The summed E-state index contributed by atoms with van der Waals surface area (Å²) in [6.07, 6.45) is 1.83. The van der Waals surface area contributed by atoms with Crippen LogP contribution in [0.2, 0.25) is 0 Å². The summed E-state index contributed by atoms with van der Waals surface area (Å²) in [5.74, 6) is 0.737. The highest BCUT2D eigenvalue weighted by Gasteiger charge is 2.25. The zero-order valence-corrected chi connectivity index (χ0v) is 25.2. The molecule has 5 rings (SSSR count). The summed E-state index contributed by atoms with van der Waals surface area (Å²) >= 11 is 0. The molecule has 0 aliphatic carbocycles. The van der Waals surface area contributed by atoms with Crippen molar-refractivity contribution in [1.29, 1.82) is 5.26 Å². The number of fused-ring (bicyclic) bond motifs is 1. The van der Waals surface area contributed by atoms with E-state index in [4.69, 9.17) is 34.2 Å². The minimum absolute atomic E-state index is 0.0315. The summed E-state index contributed by atoms with van der Waals surface area (Å²) in [6, 6.07) is 15.6. The molecular formula is C33H36FN5O5. The van der Waals surface area contributed by atoms with E-state index in [2.05, 4.69) is 9.47 Å². The van der Waals surface area contributed by atoms with Crippen LogP contribution in [0.1, 0.15) is 57.3 Å². The summed E-state index contributed by atoms with van der Waals surface area (Å²) < 4.78 is 38.0. The molecule has 0 unspecified atom stereocenters. The third-order valence-electron chi connectivity index (χ3n) is 7.93. The third-order valence-corrected chi connectivity index (χ3v) is 7.93. The highest BCUT2D eigenvalue weighted by atomic mass is 19.1. The SMILES string of the molecule is COCCn1c(CN2CCC(c3cccc(OCc4ccc(C#N)cc4F)n3)CC2)nc2c(COC)cc(C(=O)OC)cc21. The number of methoxy groups -OCH3 is 3. The largest absolute Gasteiger partial charge is 0.473 e. The number of likely N-dealkylation sites (tertiary alicyclic amines) is 1. The lowest BCUT2D eigenvalue weighted by atomic mass is 9.93. The molecule has 4 aromatic rings. The maximum Gasteiger partial charge on any atom is 0.337 e. The van der Waals surface area contributed by atoms with Crippen LogP contribution in [0.15, 0.2) is 48.5 Å². The van der Waals surface area contributed by atoms with Gasteiger partial charge in [0, 0.05) is 49.6 Å². The number of hydrogen-bond donors (Lipinski definition) is 0. The van der Waals surface area contributed by atoms with E-state index in [1.807, 2.05) is 24.3 Å². The fourth-order valence-electron chi connectivity index (χ4n) is 5.61. The highest BCUT2D eigenvalue weighted by molar-refractivity contribution is 5.95. The zero-order chi connectivity index (χ0) is 31.1. The molecular weight excluding hydrogens is 565 g/mol. The zero-order valence-electron chi connectivity index (χ0n) is 25.2. The van der Waals surface area contributed by atoms with Gasteiger partial charge in [-0.2, -0.15) is 5.26 Å². The van der Waals surface area contributed by atoms with Crippen molar-refractivity contribution in [1.82, 2.24) is 19.4 Å². The molecule has 1 saturated heterocycles. The molecule has 11 heteroatoms. The number of pyridine rings is 1. The Hall–Kier alpha value is -4.37. The number of ether oxygens (including phenoxy) is 4. The van der Waals surface area contributed by atoms with Gasteiger partial charge in [0.1, 0.15) is 18.2 Å². The molecule has 2 aromatic carbocycles. The van der Waals surface area contributed by atoms with Crippen molar-refractivity contribution >= 4 is 17.0 Å². The molecule has 1 aliphatic heterocycles. The highest BCUT2D eigenvalue weighted by Crippen LogP contribution is 2.30. The molecule has 1 fully saturated rings. The van der Waals surface area contributed by atoms with E-state index in [1.165, 1.54) is 13.2 Å². The second kappa shape index (κ2) is 14.4. The predicted octanol–water partition coefficient (Wildman–Crippen LogP) is 4.98. The maximum atomic E-state index is 14.3. The molecule has 2 aromatic heterocycles. The summed E-state index contributed by atoms with van der Waals surface area (Å²) in [5, 5.41) is 8.95. The molecule has 44 heavy (non-hydrogen) atoms. The third kappa shape index (κ3) is 7.05. The minimum Gasteiger partial charge on any atom is -0.473 e. The molecule has 0 amide bonds. The Kier molecular flexibility index (Phi) is 10.2. The van der Waals surface area contributed by atoms with Crippen LogP contribution in [-0.4, -0.2) is 66.4 Å². The van der Waals surface area contributed by atoms with Crippen LogP contribution in [0.25, 0.3) is 11.0 Å². The van der Waals surface area contributed by atoms with Gasteiger partial charge < -0.3 is 23.5 Å². The first-order valence-electron chi connectivity index (χ1n) is 14.5. The smallest absolute Gasteiger partial charge is 0.337 e. The second-order valence-electron chi connectivity index (χ2n) is 10.8. The first-order valence-corrected chi connectivity index (χ1v) is 14.5. The van der Waals surface area contributed by atoms with Crippen LogP contribution in [-0.2, 0) is 40.5 Å². The first kappa shape index (κ1) is 31.1. The van der Waals surface area contributed by atoms with Crippen LogP contribution in [0.3, 0.4) is 0 Å². The fourth-order valence-corrected chi connectivity index (χ4v) is 5.61. The lowest BCUT2D eigenvalue weighted by Crippen LogP contribution is -2.33. The number of aromatic nitrogens is 3. The topological polar surface area (TPSA) is 112 Å².